The summed E-state index contributed by atoms with van der Waals surface area (Å²) >= 11 is 1.36. The molecule has 1 aromatic carbocycles. The first-order valence-electron chi connectivity index (χ1n) is 8.76. The van der Waals surface area contributed by atoms with Gasteiger partial charge in [0.2, 0.25) is 11.0 Å². The number of carbonyl (C=O) groups is 2. The molecule has 0 aliphatic heterocycles. The van der Waals surface area contributed by atoms with E-state index in [9.17, 15) is 9.59 Å². The number of carbonyl (C=O) groups excluding carboxylic acids is 2. The molecule has 26 heavy (non-hydrogen) atoms. The molecule has 1 aromatic heterocycles. The zero-order valence-corrected chi connectivity index (χ0v) is 15.9. The molecule has 2 aromatic rings. The zero-order valence-electron chi connectivity index (χ0n) is 15.1. The molecule has 0 radical (unpaired) electrons. The highest BCUT2D eigenvalue weighted by Gasteiger charge is 2.14. The van der Waals surface area contributed by atoms with Crippen LogP contribution >= 0.6 is 11.3 Å². The molecule has 0 saturated carbocycles. The van der Waals surface area contributed by atoms with Crippen LogP contribution in [0.3, 0.4) is 0 Å². The van der Waals surface area contributed by atoms with Gasteiger partial charge in [-0.3, -0.25) is 14.9 Å². The summed E-state index contributed by atoms with van der Waals surface area (Å²) in [5.41, 5.74) is 0.399. The van der Waals surface area contributed by atoms with E-state index in [0.717, 1.165) is 30.7 Å². The number of anilines is 1. The minimum Gasteiger partial charge on any atom is -0.493 e. The topological polar surface area (TPSA) is 93.2 Å². The molecule has 7 nitrogen and oxygen atoms in total. The van der Waals surface area contributed by atoms with Crippen molar-refractivity contribution in [2.24, 2.45) is 0 Å². The van der Waals surface area contributed by atoms with Crippen molar-refractivity contribution in [1.82, 2.24) is 15.5 Å². The molecule has 140 valence electrons. The predicted molar refractivity (Wildman–Crippen MR) is 102 cm³/mol. The average Bonchev–Trinajstić information content (AvgIpc) is 3.08. The number of nitrogens with one attached hydrogen (secondary N) is 2. The molecule has 8 heteroatoms. The molecule has 0 aliphatic rings. The normalized spacial score (nSPS) is 10.4. The second kappa shape index (κ2) is 10.5. The number of ether oxygens (including phenoxy) is 1. The summed E-state index contributed by atoms with van der Waals surface area (Å²) in [6, 6.07) is 6.92. The van der Waals surface area contributed by atoms with Crippen LogP contribution in [0.5, 0.6) is 5.75 Å². The van der Waals surface area contributed by atoms with Crippen molar-refractivity contribution in [2.75, 3.05) is 18.5 Å². The molecule has 0 spiro atoms. The van der Waals surface area contributed by atoms with E-state index in [1.165, 1.54) is 11.3 Å². The summed E-state index contributed by atoms with van der Waals surface area (Å²) in [6.45, 7) is 4.31. The fraction of sp³-hybridized carbons (Fsp3) is 0.444. The quantitative estimate of drug-likeness (QED) is 0.622. The number of aryl methyl sites for hydroxylation is 1. The van der Waals surface area contributed by atoms with Gasteiger partial charge in [0.15, 0.2) is 0 Å². The number of aromatic nitrogens is 2. The van der Waals surface area contributed by atoms with Crippen molar-refractivity contribution in [3.63, 3.8) is 0 Å². The molecule has 2 rings (SSSR count). The van der Waals surface area contributed by atoms with E-state index in [1.807, 2.05) is 6.92 Å². The van der Waals surface area contributed by atoms with Gasteiger partial charge in [-0.25, -0.2) is 0 Å². The SMILES string of the molecule is CCCCCc1nnc(NC(=O)CNC(=O)c2ccccc2OCC)s1. The van der Waals surface area contributed by atoms with Crippen LogP contribution in [-0.4, -0.2) is 35.2 Å². The summed E-state index contributed by atoms with van der Waals surface area (Å²) in [7, 11) is 0. The molecule has 0 bridgehead atoms. The van der Waals surface area contributed by atoms with E-state index < -0.39 is 0 Å². The third-order valence-electron chi connectivity index (χ3n) is 3.55. The third kappa shape index (κ3) is 6.11. The Hall–Kier alpha value is -2.48. The molecule has 1 heterocycles. The number of benzene rings is 1. The van der Waals surface area contributed by atoms with Gasteiger partial charge in [-0.15, -0.1) is 10.2 Å². The predicted octanol–water partition coefficient (Wildman–Crippen LogP) is 3.04. The lowest BCUT2D eigenvalue weighted by molar-refractivity contribution is -0.115. The Morgan fingerprint density at radius 3 is 2.73 bits per heavy atom. The van der Waals surface area contributed by atoms with Crippen LogP contribution in [0.4, 0.5) is 5.13 Å². The number of hydrogen-bond donors (Lipinski definition) is 2. The molecule has 0 aliphatic carbocycles. The minimum absolute atomic E-state index is 0.149. The van der Waals surface area contributed by atoms with Crippen molar-refractivity contribution in [3.05, 3.63) is 34.8 Å². The first kappa shape index (κ1) is 19.8. The van der Waals surface area contributed by atoms with E-state index in [4.69, 9.17) is 4.74 Å². The lowest BCUT2D eigenvalue weighted by Gasteiger charge is -2.10. The van der Waals surface area contributed by atoms with Gasteiger partial charge in [-0.2, -0.15) is 0 Å². The van der Waals surface area contributed by atoms with Crippen LogP contribution in [0.1, 0.15) is 48.5 Å². The summed E-state index contributed by atoms with van der Waals surface area (Å²) in [5.74, 6) is -0.209. The monoisotopic (exact) mass is 376 g/mol. The molecule has 0 saturated heterocycles. The van der Waals surface area contributed by atoms with Crippen LogP contribution in [0, 0.1) is 0 Å². The minimum atomic E-state index is -0.360. The standard InChI is InChI=1S/C18H24N4O3S/c1-3-5-6-11-16-21-22-18(26-16)20-15(23)12-19-17(24)13-9-7-8-10-14(13)25-4-2/h7-10H,3-6,11-12H2,1-2H3,(H,19,24)(H,20,22,23). The average molecular weight is 376 g/mol. The Kier molecular flexibility index (Phi) is 8.01. The van der Waals surface area contributed by atoms with Crippen LogP contribution in [-0.2, 0) is 11.2 Å². The fourth-order valence-electron chi connectivity index (χ4n) is 2.29. The zero-order chi connectivity index (χ0) is 18.8. The van der Waals surface area contributed by atoms with Gasteiger partial charge in [0.05, 0.1) is 18.7 Å². The van der Waals surface area contributed by atoms with Gasteiger partial charge in [0.1, 0.15) is 10.8 Å². The number of amides is 2. The van der Waals surface area contributed by atoms with Gasteiger partial charge in [0.25, 0.3) is 5.91 Å². The highest BCUT2D eigenvalue weighted by molar-refractivity contribution is 7.15. The molecule has 0 unspecified atom stereocenters. The molecule has 0 atom stereocenters. The number of para-hydroxylation sites is 1. The van der Waals surface area contributed by atoms with E-state index >= 15 is 0 Å². The number of hydrogen-bond acceptors (Lipinski definition) is 6. The maximum Gasteiger partial charge on any atom is 0.255 e. The van der Waals surface area contributed by atoms with Crippen LogP contribution in [0.2, 0.25) is 0 Å². The van der Waals surface area contributed by atoms with Crippen molar-refractivity contribution < 1.29 is 14.3 Å². The molecular weight excluding hydrogens is 352 g/mol. The highest BCUT2D eigenvalue weighted by Crippen LogP contribution is 2.18. The van der Waals surface area contributed by atoms with Crippen molar-refractivity contribution in [2.45, 2.75) is 39.5 Å². The molecule has 2 amide bonds. The molecule has 2 N–H and O–H groups in total. The number of nitrogens with zero attached hydrogens (tertiary/aromatic N) is 2. The lowest BCUT2D eigenvalue weighted by atomic mass is 10.2. The van der Waals surface area contributed by atoms with E-state index in [2.05, 4.69) is 27.8 Å². The van der Waals surface area contributed by atoms with Gasteiger partial charge in [-0.05, 0) is 25.5 Å². The number of unbranched alkanes of at least 4 members (excludes halogenated alkanes) is 2. The van der Waals surface area contributed by atoms with Gasteiger partial charge >= 0.3 is 0 Å². The Morgan fingerprint density at radius 2 is 1.96 bits per heavy atom. The van der Waals surface area contributed by atoms with Gasteiger partial charge < -0.3 is 10.1 Å². The van der Waals surface area contributed by atoms with Crippen LogP contribution in [0.15, 0.2) is 24.3 Å². The van der Waals surface area contributed by atoms with Crippen LogP contribution in [0.25, 0.3) is 0 Å². The van der Waals surface area contributed by atoms with E-state index in [0.29, 0.717) is 23.1 Å². The summed E-state index contributed by atoms with van der Waals surface area (Å²) in [6.07, 6.45) is 4.23. The molecule has 0 fully saturated rings. The third-order valence-corrected chi connectivity index (χ3v) is 4.45. The van der Waals surface area contributed by atoms with Crippen molar-refractivity contribution >= 4 is 28.3 Å². The van der Waals surface area contributed by atoms with E-state index in [1.54, 1.807) is 24.3 Å². The largest absolute Gasteiger partial charge is 0.493 e. The number of rotatable bonds is 10. The Labute approximate surface area is 157 Å². The summed E-state index contributed by atoms with van der Waals surface area (Å²) < 4.78 is 5.43. The smallest absolute Gasteiger partial charge is 0.255 e. The van der Waals surface area contributed by atoms with Gasteiger partial charge in [-0.1, -0.05) is 43.2 Å². The first-order valence-corrected chi connectivity index (χ1v) is 9.58. The van der Waals surface area contributed by atoms with E-state index in [-0.39, 0.29) is 18.4 Å². The maximum atomic E-state index is 12.3. The highest BCUT2D eigenvalue weighted by atomic mass is 32.1. The Morgan fingerprint density at radius 1 is 1.15 bits per heavy atom. The first-order chi connectivity index (χ1) is 12.6. The summed E-state index contributed by atoms with van der Waals surface area (Å²) in [5, 5.41) is 14.6. The van der Waals surface area contributed by atoms with Crippen molar-refractivity contribution in [1.29, 1.82) is 0 Å². The van der Waals surface area contributed by atoms with Crippen molar-refractivity contribution in [3.8, 4) is 5.75 Å². The summed E-state index contributed by atoms with van der Waals surface area (Å²) in [4.78, 5) is 24.3. The Balaban J connectivity index is 1.82. The molecular formula is C18H24N4O3S. The maximum absolute atomic E-state index is 12.3. The lowest BCUT2D eigenvalue weighted by Crippen LogP contribution is -2.33. The van der Waals surface area contributed by atoms with Crippen LogP contribution < -0.4 is 15.4 Å². The Bertz CT molecular complexity index is 733. The van der Waals surface area contributed by atoms with Gasteiger partial charge in [0, 0.05) is 6.42 Å². The fourth-order valence-corrected chi connectivity index (χ4v) is 3.08. The second-order valence-electron chi connectivity index (χ2n) is 5.62. The second-order valence-corrected chi connectivity index (χ2v) is 6.68.